The van der Waals surface area contributed by atoms with E-state index in [2.05, 4.69) is 26.8 Å². The first-order valence-electron chi connectivity index (χ1n) is 6.42. The van der Waals surface area contributed by atoms with Gasteiger partial charge >= 0.3 is 0 Å². The maximum Gasteiger partial charge on any atom is 0.116 e. The normalized spacial score (nSPS) is 18.8. The minimum absolute atomic E-state index is 0.410. The standard InChI is InChI=1S/C15H27F/c1-6-10-15(5,7-2)11-8-9-13(3)12-14(4)16/h8-9,12,14H,6-7,10-11H2,1-5H3/b9-8-,13-12-. The van der Waals surface area contributed by atoms with Gasteiger partial charge in [0.15, 0.2) is 0 Å². The van der Waals surface area contributed by atoms with Crippen LogP contribution in [0, 0.1) is 5.41 Å². The molecule has 2 unspecified atom stereocenters. The number of rotatable bonds is 7. The van der Waals surface area contributed by atoms with Crippen molar-refractivity contribution in [1.82, 2.24) is 0 Å². The highest BCUT2D eigenvalue weighted by molar-refractivity contribution is 5.17. The highest BCUT2D eigenvalue weighted by Gasteiger charge is 2.18. The van der Waals surface area contributed by atoms with E-state index in [-0.39, 0.29) is 0 Å². The number of halogens is 1. The van der Waals surface area contributed by atoms with Crippen LogP contribution in [0.25, 0.3) is 0 Å². The Labute approximate surface area is 101 Å². The van der Waals surface area contributed by atoms with Crippen LogP contribution in [0.15, 0.2) is 23.8 Å². The summed E-state index contributed by atoms with van der Waals surface area (Å²) in [5.41, 5.74) is 1.43. The molecule has 0 nitrogen and oxygen atoms in total. The molecule has 16 heavy (non-hydrogen) atoms. The second kappa shape index (κ2) is 7.65. The maximum atomic E-state index is 12.7. The molecule has 2 atom stereocenters. The minimum Gasteiger partial charge on any atom is -0.243 e. The fourth-order valence-electron chi connectivity index (χ4n) is 1.97. The second-order valence-corrected chi connectivity index (χ2v) is 5.11. The lowest BCUT2D eigenvalue weighted by atomic mass is 9.80. The third-order valence-corrected chi connectivity index (χ3v) is 3.19. The van der Waals surface area contributed by atoms with E-state index in [9.17, 15) is 4.39 Å². The van der Waals surface area contributed by atoms with E-state index in [0.29, 0.717) is 5.41 Å². The summed E-state index contributed by atoms with van der Waals surface area (Å²) in [6.07, 6.45) is 9.81. The summed E-state index contributed by atoms with van der Waals surface area (Å²) in [5.74, 6) is 0. The van der Waals surface area contributed by atoms with Crippen molar-refractivity contribution in [1.29, 1.82) is 0 Å². The van der Waals surface area contributed by atoms with Crippen molar-refractivity contribution in [2.24, 2.45) is 5.41 Å². The molecule has 0 aromatic heterocycles. The van der Waals surface area contributed by atoms with Gasteiger partial charge in [0, 0.05) is 0 Å². The summed E-state index contributed by atoms with van der Waals surface area (Å²) >= 11 is 0. The van der Waals surface area contributed by atoms with E-state index >= 15 is 0 Å². The van der Waals surface area contributed by atoms with E-state index in [1.807, 2.05) is 13.0 Å². The van der Waals surface area contributed by atoms with E-state index < -0.39 is 6.17 Å². The molecule has 0 heterocycles. The monoisotopic (exact) mass is 226 g/mol. The van der Waals surface area contributed by atoms with Crippen LogP contribution in [0.2, 0.25) is 0 Å². The van der Waals surface area contributed by atoms with Crippen molar-refractivity contribution >= 4 is 0 Å². The average Bonchev–Trinajstić information content (AvgIpc) is 2.17. The molecule has 94 valence electrons. The van der Waals surface area contributed by atoms with Crippen LogP contribution >= 0.6 is 0 Å². The van der Waals surface area contributed by atoms with Gasteiger partial charge < -0.3 is 0 Å². The number of allylic oxidation sites excluding steroid dienone is 4. The van der Waals surface area contributed by atoms with E-state index in [1.54, 1.807) is 13.0 Å². The molecule has 1 heteroatoms. The lowest BCUT2D eigenvalue weighted by Crippen LogP contribution is -2.13. The predicted octanol–water partition coefficient (Wildman–Crippen LogP) is 5.45. The number of hydrogen-bond acceptors (Lipinski definition) is 0. The molecule has 0 saturated carbocycles. The Balaban J connectivity index is 4.25. The molecule has 0 saturated heterocycles. The van der Waals surface area contributed by atoms with Crippen molar-refractivity contribution in [3.8, 4) is 0 Å². The van der Waals surface area contributed by atoms with Crippen molar-refractivity contribution < 1.29 is 4.39 Å². The second-order valence-electron chi connectivity index (χ2n) is 5.11. The maximum absolute atomic E-state index is 12.7. The van der Waals surface area contributed by atoms with Gasteiger partial charge in [-0.1, -0.05) is 51.3 Å². The quantitative estimate of drug-likeness (QED) is 0.506. The van der Waals surface area contributed by atoms with Gasteiger partial charge in [-0.15, -0.1) is 0 Å². The van der Waals surface area contributed by atoms with Crippen molar-refractivity contribution in [2.45, 2.75) is 66.5 Å². The third-order valence-electron chi connectivity index (χ3n) is 3.19. The Morgan fingerprint density at radius 1 is 1.38 bits per heavy atom. The van der Waals surface area contributed by atoms with Gasteiger partial charge in [0.05, 0.1) is 0 Å². The Bertz CT molecular complexity index is 238. The fraction of sp³-hybridized carbons (Fsp3) is 0.733. The summed E-state index contributed by atoms with van der Waals surface area (Å²) in [4.78, 5) is 0. The van der Waals surface area contributed by atoms with Gasteiger partial charge in [-0.05, 0) is 38.2 Å². The summed E-state index contributed by atoms with van der Waals surface area (Å²) in [7, 11) is 0. The van der Waals surface area contributed by atoms with Crippen LogP contribution in [0.4, 0.5) is 4.39 Å². The Morgan fingerprint density at radius 2 is 2.00 bits per heavy atom. The lowest BCUT2D eigenvalue weighted by molar-refractivity contribution is 0.285. The lowest BCUT2D eigenvalue weighted by Gasteiger charge is -2.26. The SMILES string of the molecule is CCCC(C)(CC)C/C=C\C(C)=C/C(C)F. The van der Waals surface area contributed by atoms with Gasteiger partial charge in [0.2, 0.25) is 0 Å². The van der Waals surface area contributed by atoms with Crippen LogP contribution in [-0.2, 0) is 0 Å². The molecule has 0 rings (SSSR count). The summed E-state index contributed by atoms with van der Waals surface area (Å²) < 4.78 is 12.7. The third kappa shape index (κ3) is 6.81. The molecular weight excluding hydrogens is 199 g/mol. The van der Waals surface area contributed by atoms with E-state index in [1.165, 1.54) is 19.3 Å². The highest BCUT2D eigenvalue weighted by atomic mass is 19.1. The topological polar surface area (TPSA) is 0 Å². The Kier molecular flexibility index (Phi) is 7.36. The van der Waals surface area contributed by atoms with Crippen LogP contribution in [0.3, 0.4) is 0 Å². The molecule has 0 N–H and O–H groups in total. The Morgan fingerprint density at radius 3 is 2.44 bits per heavy atom. The van der Waals surface area contributed by atoms with Crippen molar-refractivity contribution in [3.05, 3.63) is 23.8 Å². The van der Waals surface area contributed by atoms with Gasteiger partial charge in [-0.2, -0.15) is 0 Å². The van der Waals surface area contributed by atoms with Crippen LogP contribution < -0.4 is 0 Å². The Hall–Kier alpha value is -0.590. The molecular formula is C15H27F. The molecule has 0 aliphatic carbocycles. The highest BCUT2D eigenvalue weighted by Crippen LogP contribution is 2.31. The van der Waals surface area contributed by atoms with Gasteiger partial charge in [0.1, 0.15) is 6.17 Å². The zero-order chi connectivity index (χ0) is 12.6. The zero-order valence-electron chi connectivity index (χ0n) is 11.5. The zero-order valence-corrected chi connectivity index (χ0v) is 11.5. The van der Waals surface area contributed by atoms with Gasteiger partial charge in [0.25, 0.3) is 0 Å². The molecule has 0 fully saturated rings. The summed E-state index contributed by atoms with van der Waals surface area (Å²) in [5, 5.41) is 0. The summed E-state index contributed by atoms with van der Waals surface area (Å²) in [6, 6.07) is 0. The predicted molar refractivity (Wildman–Crippen MR) is 71.4 cm³/mol. The average molecular weight is 226 g/mol. The molecule has 0 aliphatic heterocycles. The molecule has 0 bridgehead atoms. The smallest absolute Gasteiger partial charge is 0.116 e. The largest absolute Gasteiger partial charge is 0.243 e. The summed E-state index contributed by atoms with van der Waals surface area (Å²) in [6.45, 7) is 10.3. The molecule has 0 radical (unpaired) electrons. The van der Waals surface area contributed by atoms with Crippen LogP contribution in [0.1, 0.15) is 60.3 Å². The van der Waals surface area contributed by atoms with Gasteiger partial charge in [-0.3, -0.25) is 0 Å². The molecule has 0 aromatic rings. The molecule has 0 amide bonds. The van der Waals surface area contributed by atoms with E-state index in [4.69, 9.17) is 0 Å². The number of alkyl halides is 1. The molecule has 0 spiro atoms. The molecule has 0 aliphatic rings. The van der Waals surface area contributed by atoms with Crippen molar-refractivity contribution in [3.63, 3.8) is 0 Å². The van der Waals surface area contributed by atoms with E-state index in [0.717, 1.165) is 12.0 Å². The van der Waals surface area contributed by atoms with Crippen molar-refractivity contribution in [2.75, 3.05) is 0 Å². The first-order chi connectivity index (χ1) is 7.43. The van der Waals surface area contributed by atoms with Gasteiger partial charge in [-0.25, -0.2) is 4.39 Å². The number of hydrogen-bond donors (Lipinski definition) is 0. The minimum atomic E-state index is -0.849. The first kappa shape index (κ1) is 15.4. The van der Waals surface area contributed by atoms with Crippen LogP contribution in [-0.4, -0.2) is 6.17 Å². The first-order valence-corrected chi connectivity index (χ1v) is 6.42. The molecule has 0 aromatic carbocycles. The van der Waals surface area contributed by atoms with Crippen LogP contribution in [0.5, 0.6) is 0 Å². The fourth-order valence-corrected chi connectivity index (χ4v) is 1.97.